The molecule has 1 heterocycles. The molecule has 0 aliphatic heterocycles. The van der Waals surface area contributed by atoms with E-state index in [1.54, 1.807) is 25.3 Å². The van der Waals surface area contributed by atoms with Crippen molar-refractivity contribution >= 4 is 6.03 Å². The normalized spacial score (nSPS) is 13.0. The van der Waals surface area contributed by atoms with E-state index in [1.807, 2.05) is 26.0 Å². The van der Waals surface area contributed by atoms with Crippen molar-refractivity contribution in [2.24, 2.45) is 0 Å². The molecule has 7 heteroatoms. The van der Waals surface area contributed by atoms with E-state index in [2.05, 4.69) is 10.6 Å². The van der Waals surface area contributed by atoms with E-state index in [0.717, 1.165) is 5.76 Å². The van der Waals surface area contributed by atoms with Gasteiger partial charge in [0.05, 0.1) is 20.3 Å². The summed E-state index contributed by atoms with van der Waals surface area (Å²) in [6.45, 7) is 3.69. The fourth-order valence-electron chi connectivity index (χ4n) is 2.40. The minimum atomic E-state index is -0.933. The van der Waals surface area contributed by atoms with Crippen LogP contribution in [0.25, 0.3) is 0 Å². The van der Waals surface area contributed by atoms with E-state index in [0.29, 0.717) is 22.8 Å². The summed E-state index contributed by atoms with van der Waals surface area (Å²) >= 11 is 0. The van der Waals surface area contributed by atoms with Crippen molar-refractivity contribution in [3.63, 3.8) is 0 Å². The van der Waals surface area contributed by atoms with Gasteiger partial charge in [-0.05, 0) is 44.2 Å². The van der Waals surface area contributed by atoms with Crippen LogP contribution < -0.4 is 20.1 Å². The first-order chi connectivity index (χ1) is 11.9. The number of ether oxygens (including phenoxy) is 2. The lowest BCUT2D eigenvalue weighted by Gasteiger charge is -2.18. The van der Waals surface area contributed by atoms with Gasteiger partial charge >= 0.3 is 6.03 Å². The summed E-state index contributed by atoms with van der Waals surface area (Å²) in [5.41, 5.74) is 0.539. The third-order valence-corrected chi connectivity index (χ3v) is 3.79. The molecule has 0 saturated heterocycles. The topological polar surface area (TPSA) is 93.0 Å². The SMILES string of the molecule is COc1ccc(OC)c([C@@H](O)CNC(=O)N[C@H](C)c2ccc(C)o2)c1. The highest BCUT2D eigenvalue weighted by atomic mass is 16.5. The smallest absolute Gasteiger partial charge is 0.315 e. The van der Waals surface area contributed by atoms with Crippen LogP contribution in [0.1, 0.15) is 36.2 Å². The first kappa shape index (κ1) is 18.7. The number of furan rings is 1. The maximum Gasteiger partial charge on any atom is 0.315 e. The number of hydrogen-bond acceptors (Lipinski definition) is 5. The van der Waals surface area contributed by atoms with Crippen LogP contribution in [-0.4, -0.2) is 31.9 Å². The van der Waals surface area contributed by atoms with E-state index in [4.69, 9.17) is 13.9 Å². The lowest BCUT2D eigenvalue weighted by Crippen LogP contribution is -2.39. The van der Waals surface area contributed by atoms with Crippen LogP contribution in [0.3, 0.4) is 0 Å². The van der Waals surface area contributed by atoms with Crippen LogP contribution in [-0.2, 0) is 0 Å². The molecular weight excluding hydrogens is 324 g/mol. The fraction of sp³-hybridized carbons (Fsp3) is 0.389. The molecule has 2 rings (SSSR count). The highest BCUT2D eigenvalue weighted by Gasteiger charge is 2.17. The number of aliphatic hydroxyl groups excluding tert-OH is 1. The van der Waals surface area contributed by atoms with Gasteiger partial charge in [0, 0.05) is 12.1 Å². The minimum absolute atomic E-state index is 0.0270. The zero-order valence-corrected chi connectivity index (χ0v) is 14.8. The maximum atomic E-state index is 12.0. The molecule has 0 unspecified atom stereocenters. The van der Waals surface area contributed by atoms with Gasteiger partial charge in [-0.2, -0.15) is 0 Å². The monoisotopic (exact) mass is 348 g/mol. The highest BCUT2D eigenvalue weighted by molar-refractivity contribution is 5.74. The largest absolute Gasteiger partial charge is 0.497 e. The number of hydrogen-bond donors (Lipinski definition) is 3. The molecule has 3 N–H and O–H groups in total. The van der Waals surface area contributed by atoms with Gasteiger partial charge in [0.15, 0.2) is 0 Å². The Kier molecular flexibility index (Phi) is 6.30. The molecule has 0 aliphatic rings. The van der Waals surface area contributed by atoms with Crippen molar-refractivity contribution in [2.75, 3.05) is 20.8 Å². The Morgan fingerprint density at radius 2 is 2.00 bits per heavy atom. The maximum absolute atomic E-state index is 12.0. The second-order valence-electron chi connectivity index (χ2n) is 5.65. The summed E-state index contributed by atoms with van der Waals surface area (Å²) < 4.78 is 15.9. The van der Waals surface area contributed by atoms with E-state index in [1.165, 1.54) is 7.11 Å². The number of carbonyl (C=O) groups excluding carboxylic acids is 1. The van der Waals surface area contributed by atoms with Gasteiger partial charge in [-0.3, -0.25) is 0 Å². The van der Waals surface area contributed by atoms with Crippen molar-refractivity contribution in [1.82, 2.24) is 10.6 Å². The number of amides is 2. The van der Waals surface area contributed by atoms with Crippen LogP contribution in [0, 0.1) is 6.92 Å². The van der Waals surface area contributed by atoms with Crippen LogP contribution in [0.4, 0.5) is 4.79 Å². The summed E-state index contributed by atoms with van der Waals surface area (Å²) in [6, 6.07) is 8.10. The van der Waals surface area contributed by atoms with E-state index < -0.39 is 12.1 Å². The molecule has 2 atom stereocenters. The van der Waals surface area contributed by atoms with Gasteiger partial charge in [0.1, 0.15) is 29.1 Å². The number of methoxy groups -OCH3 is 2. The standard InChI is InChI=1S/C18H24N2O5/c1-11-5-7-16(25-11)12(2)20-18(22)19-10-15(21)14-9-13(23-3)6-8-17(14)24-4/h5-9,12,15,21H,10H2,1-4H3,(H2,19,20,22)/t12-,15+/m1/s1. The van der Waals surface area contributed by atoms with Crippen LogP contribution in [0.5, 0.6) is 11.5 Å². The molecule has 0 spiro atoms. The average Bonchev–Trinajstić information content (AvgIpc) is 3.05. The molecule has 0 aliphatic carbocycles. The van der Waals surface area contributed by atoms with Crippen molar-refractivity contribution in [2.45, 2.75) is 26.0 Å². The summed E-state index contributed by atoms with van der Waals surface area (Å²) in [5.74, 6) is 2.57. The number of carbonyl (C=O) groups is 1. The second kappa shape index (κ2) is 8.43. The minimum Gasteiger partial charge on any atom is -0.497 e. The lowest BCUT2D eigenvalue weighted by molar-refractivity contribution is 0.168. The molecule has 2 amide bonds. The first-order valence-corrected chi connectivity index (χ1v) is 7.95. The molecule has 25 heavy (non-hydrogen) atoms. The molecule has 0 radical (unpaired) electrons. The number of aliphatic hydroxyl groups is 1. The van der Waals surface area contributed by atoms with Crippen molar-refractivity contribution in [3.8, 4) is 11.5 Å². The molecule has 1 aromatic carbocycles. The predicted octanol–water partition coefficient (Wildman–Crippen LogP) is 2.70. The van der Waals surface area contributed by atoms with Crippen LogP contribution in [0.15, 0.2) is 34.7 Å². The number of aryl methyl sites for hydroxylation is 1. The Bertz CT molecular complexity index is 713. The molecule has 0 fully saturated rings. The van der Waals surface area contributed by atoms with Gasteiger partial charge < -0.3 is 29.6 Å². The van der Waals surface area contributed by atoms with E-state index in [-0.39, 0.29) is 12.6 Å². The molecule has 7 nitrogen and oxygen atoms in total. The number of urea groups is 1. The van der Waals surface area contributed by atoms with Gasteiger partial charge in [-0.1, -0.05) is 0 Å². The number of rotatable bonds is 7. The third-order valence-electron chi connectivity index (χ3n) is 3.79. The fourth-order valence-corrected chi connectivity index (χ4v) is 2.40. The molecule has 0 saturated carbocycles. The quantitative estimate of drug-likeness (QED) is 0.715. The van der Waals surface area contributed by atoms with Gasteiger partial charge in [-0.15, -0.1) is 0 Å². The molecule has 1 aromatic heterocycles. The van der Waals surface area contributed by atoms with E-state index >= 15 is 0 Å². The Labute approximate surface area is 146 Å². The predicted molar refractivity (Wildman–Crippen MR) is 92.9 cm³/mol. The summed E-state index contributed by atoms with van der Waals surface area (Å²) in [5, 5.41) is 15.8. The Morgan fingerprint density at radius 1 is 1.24 bits per heavy atom. The Hall–Kier alpha value is -2.67. The summed E-state index contributed by atoms with van der Waals surface area (Å²) in [6.07, 6.45) is -0.933. The zero-order valence-electron chi connectivity index (χ0n) is 14.8. The van der Waals surface area contributed by atoms with Crippen molar-refractivity contribution in [3.05, 3.63) is 47.4 Å². The number of nitrogens with one attached hydrogen (secondary N) is 2. The van der Waals surface area contributed by atoms with Crippen molar-refractivity contribution in [1.29, 1.82) is 0 Å². The van der Waals surface area contributed by atoms with E-state index in [9.17, 15) is 9.90 Å². The van der Waals surface area contributed by atoms with Crippen LogP contribution >= 0.6 is 0 Å². The average molecular weight is 348 g/mol. The molecule has 2 aromatic rings. The third kappa shape index (κ3) is 4.90. The molecular formula is C18H24N2O5. The Balaban J connectivity index is 1.93. The van der Waals surface area contributed by atoms with Crippen molar-refractivity contribution < 1.29 is 23.8 Å². The highest BCUT2D eigenvalue weighted by Crippen LogP contribution is 2.29. The van der Waals surface area contributed by atoms with Gasteiger partial charge in [0.2, 0.25) is 0 Å². The first-order valence-electron chi connectivity index (χ1n) is 7.95. The molecule has 136 valence electrons. The summed E-state index contributed by atoms with van der Waals surface area (Å²) in [4.78, 5) is 12.0. The molecule has 0 bridgehead atoms. The lowest BCUT2D eigenvalue weighted by atomic mass is 10.1. The Morgan fingerprint density at radius 3 is 2.60 bits per heavy atom. The zero-order chi connectivity index (χ0) is 18.4. The number of benzene rings is 1. The van der Waals surface area contributed by atoms with Gasteiger partial charge in [-0.25, -0.2) is 4.79 Å². The summed E-state index contributed by atoms with van der Waals surface area (Å²) in [7, 11) is 3.06. The van der Waals surface area contributed by atoms with Crippen LogP contribution in [0.2, 0.25) is 0 Å². The second-order valence-corrected chi connectivity index (χ2v) is 5.65. The van der Waals surface area contributed by atoms with Gasteiger partial charge in [0.25, 0.3) is 0 Å².